The van der Waals surface area contributed by atoms with Crippen molar-refractivity contribution in [1.82, 2.24) is 9.21 Å². The largest absolute Gasteiger partial charge is 0.336 e. The summed E-state index contributed by atoms with van der Waals surface area (Å²) in [6.07, 6.45) is 1.87. The molecule has 0 radical (unpaired) electrons. The van der Waals surface area contributed by atoms with Crippen LogP contribution in [0.5, 0.6) is 0 Å². The molecule has 2 aliphatic rings. The number of amides is 2. The summed E-state index contributed by atoms with van der Waals surface area (Å²) in [6.45, 7) is 8.75. The van der Waals surface area contributed by atoms with Crippen LogP contribution in [0.25, 0.3) is 0 Å². The highest BCUT2D eigenvalue weighted by atomic mass is 32.2. The number of nitrogens with one attached hydrogen (secondary N) is 1. The van der Waals surface area contributed by atoms with Crippen LogP contribution in [0.15, 0.2) is 35.2 Å². The molecule has 0 atom stereocenters. The molecule has 1 heterocycles. The number of aryl methyl sites for hydroxylation is 2. The van der Waals surface area contributed by atoms with Crippen molar-refractivity contribution < 1.29 is 18.0 Å². The number of piperazine rings is 1. The first-order valence-electron chi connectivity index (χ1n) is 11.4. The molecule has 1 aliphatic carbocycles. The van der Waals surface area contributed by atoms with E-state index in [1.807, 2.05) is 33.8 Å². The Bertz CT molecular complexity index is 1170. The van der Waals surface area contributed by atoms with Crippen LogP contribution in [0.3, 0.4) is 0 Å². The molecule has 0 spiro atoms. The van der Waals surface area contributed by atoms with E-state index in [2.05, 4.69) is 5.32 Å². The van der Waals surface area contributed by atoms with Crippen molar-refractivity contribution in [3.63, 3.8) is 0 Å². The van der Waals surface area contributed by atoms with Crippen LogP contribution in [0.1, 0.15) is 45.5 Å². The van der Waals surface area contributed by atoms with Crippen molar-refractivity contribution in [3.8, 4) is 0 Å². The van der Waals surface area contributed by atoms with Crippen LogP contribution in [0, 0.1) is 33.6 Å². The maximum atomic E-state index is 13.4. The molecular weight excluding hydrogens is 438 g/mol. The number of carbonyl (C=O) groups is 2. The molecular formula is C25H31N3O4S. The third-order valence-electron chi connectivity index (χ3n) is 6.77. The number of rotatable bonds is 5. The molecule has 2 amide bonds. The fourth-order valence-electron chi connectivity index (χ4n) is 4.30. The smallest absolute Gasteiger partial charge is 0.253 e. The number of hydrogen-bond donors (Lipinski definition) is 1. The van der Waals surface area contributed by atoms with Gasteiger partial charge in [0.05, 0.1) is 4.90 Å². The molecule has 1 saturated heterocycles. The van der Waals surface area contributed by atoms with Crippen LogP contribution in [-0.2, 0) is 14.8 Å². The van der Waals surface area contributed by atoms with Gasteiger partial charge in [-0.25, -0.2) is 8.42 Å². The fraction of sp³-hybridized carbons (Fsp3) is 0.440. The highest BCUT2D eigenvalue weighted by Gasteiger charge is 2.33. The highest BCUT2D eigenvalue weighted by molar-refractivity contribution is 7.89. The van der Waals surface area contributed by atoms with E-state index in [0.717, 1.165) is 35.1 Å². The van der Waals surface area contributed by atoms with Gasteiger partial charge in [-0.15, -0.1) is 0 Å². The summed E-state index contributed by atoms with van der Waals surface area (Å²) in [5, 5.41) is 2.87. The average Bonchev–Trinajstić information content (AvgIpc) is 3.64. The van der Waals surface area contributed by atoms with Gasteiger partial charge in [0.15, 0.2) is 0 Å². The first-order valence-corrected chi connectivity index (χ1v) is 12.8. The van der Waals surface area contributed by atoms with Gasteiger partial charge in [-0.1, -0.05) is 6.07 Å². The molecule has 2 aromatic carbocycles. The van der Waals surface area contributed by atoms with Crippen molar-refractivity contribution in [1.29, 1.82) is 0 Å². The molecule has 1 N–H and O–H groups in total. The van der Waals surface area contributed by atoms with Gasteiger partial charge >= 0.3 is 0 Å². The molecule has 2 aromatic rings. The molecule has 8 heteroatoms. The van der Waals surface area contributed by atoms with Gasteiger partial charge in [-0.05, 0) is 87.1 Å². The summed E-state index contributed by atoms with van der Waals surface area (Å²) in [5.74, 6) is 0.0155. The lowest BCUT2D eigenvalue weighted by Gasteiger charge is -2.35. The van der Waals surface area contributed by atoms with E-state index in [0.29, 0.717) is 29.2 Å². The molecule has 33 heavy (non-hydrogen) atoms. The molecule has 0 aromatic heterocycles. The Morgan fingerprint density at radius 2 is 1.42 bits per heavy atom. The van der Waals surface area contributed by atoms with Crippen LogP contribution >= 0.6 is 0 Å². The van der Waals surface area contributed by atoms with Crippen molar-refractivity contribution in [2.24, 2.45) is 5.92 Å². The number of nitrogens with zero attached hydrogens (tertiary/aromatic N) is 2. The zero-order chi connectivity index (χ0) is 23.9. The number of anilines is 1. The van der Waals surface area contributed by atoms with Crippen LogP contribution < -0.4 is 5.32 Å². The monoisotopic (exact) mass is 469 g/mol. The molecule has 4 rings (SSSR count). The Morgan fingerprint density at radius 1 is 0.879 bits per heavy atom. The van der Waals surface area contributed by atoms with E-state index in [4.69, 9.17) is 0 Å². The molecule has 7 nitrogen and oxygen atoms in total. The average molecular weight is 470 g/mol. The van der Waals surface area contributed by atoms with E-state index in [1.54, 1.807) is 29.2 Å². The Kier molecular flexibility index (Phi) is 6.33. The third kappa shape index (κ3) is 4.68. The molecule has 0 bridgehead atoms. The zero-order valence-electron chi connectivity index (χ0n) is 19.6. The minimum atomic E-state index is -3.65. The number of sulfonamides is 1. The maximum Gasteiger partial charge on any atom is 0.253 e. The second-order valence-electron chi connectivity index (χ2n) is 9.13. The maximum absolute atomic E-state index is 13.4. The molecule has 0 unspecified atom stereocenters. The Hall–Kier alpha value is -2.71. The summed E-state index contributed by atoms with van der Waals surface area (Å²) in [6, 6.07) is 8.90. The normalized spacial score (nSPS) is 17.2. The van der Waals surface area contributed by atoms with Crippen molar-refractivity contribution in [2.75, 3.05) is 31.5 Å². The van der Waals surface area contributed by atoms with E-state index >= 15 is 0 Å². The lowest BCUT2D eigenvalue weighted by Crippen LogP contribution is -2.50. The van der Waals surface area contributed by atoms with Gasteiger partial charge in [0, 0.05) is 43.3 Å². The van der Waals surface area contributed by atoms with E-state index in [9.17, 15) is 18.0 Å². The summed E-state index contributed by atoms with van der Waals surface area (Å²) in [7, 11) is -3.65. The van der Waals surface area contributed by atoms with Crippen LogP contribution in [0.4, 0.5) is 5.69 Å². The lowest BCUT2D eigenvalue weighted by molar-refractivity contribution is -0.117. The predicted octanol–water partition coefficient (Wildman–Crippen LogP) is 3.42. The van der Waals surface area contributed by atoms with E-state index in [1.165, 1.54) is 4.31 Å². The van der Waals surface area contributed by atoms with Gasteiger partial charge in [-0.2, -0.15) is 4.31 Å². The molecule has 1 saturated carbocycles. The second-order valence-corrected chi connectivity index (χ2v) is 11.0. The number of carbonyl (C=O) groups excluding carboxylic acids is 2. The summed E-state index contributed by atoms with van der Waals surface area (Å²) < 4.78 is 28.4. The number of hydrogen-bond acceptors (Lipinski definition) is 4. The topological polar surface area (TPSA) is 86.8 Å². The molecule has 176 valence electrons. The van der Waals surface area contributed by atoms with E-state index < -0.39 is 10.0 Å². The summed E-state index contributed by atoms with van der Waals surface area (Å²) >= 11 is 0. The van der Waals surface area contributed by atoms with Crippen LogP contribution in [-0.4, -0.2) is 55.6 Å². The van der Waals surface area contributed by atoms with Gasteiger partial charge in [-0.3, -0.25) is 9.59 Å². The first-order chi connectivity index (χ1) is 15.6. The van der Waals surface area contributed by atoms with Gasteiger partial charge in [0.2, 0.25) is 15.9 Å². The minimum Gasteiger partial charge on any atom is -0.336 e. The van der Waals surface area contributed by atoms with Crippen molar-refractivity contribution in [2.45, 2.75) is 45.4 Å². The predicted molar refractivity (Wildman–Crippen MR) is 128 cm³/mol. The standard InChI is InChI=1S/C25H31N3O4S/c1-16-15-17(2)19(4)23(18(16)3)33(31,32)28-13-11-27(12-14-28)25(30)21-7-9-22(10-8-21)26-24(29)20-5-6-20/h7-10,15,20H,5-6,11-14H2,1-4H3,(H,26,29). The lowest BCUT2D eigenvalue weighted by atomic mass is 10.0. The van der Waals surface area contributed by atoms with E-state index in [-0.39, 0.29) is 30.8 Å². The van der Waals surface area contributed by atoms with Crippen LogP contribution in [0.2, 0.25) is 0 Å². The molecule has 2 fully saturated rings. The molecule has 1 aliphatic heterocycles. The fourth-order valence-corrected chi connectivity index (χ4v) is 6.29. The third-order valence-corrected chi connectivity index (χ3v) is 8.94. The number of benzene rings is 2. The van der Waals surface area contributed by atoms with Crippen molar-refractivity contribution >= 4 is 27.5 Å². The Labute approximate surface area is 195 Å². The summed E-state index contributed by atoms with van der Waals surface area (Å²) in [4.78, 5) is 26.9. The van der Waals surface area contributed by atoms with Gasteiger partial charge in [0.1, 0.15) is 0 Å². The highest BCUT2D eigenvalue weighted by Crippen LogP contribution is 2.31. The van der Waals surface area contributed by atoms with Gasteiger partial charge in [0.25, 0.3) is 5.91 Å². The Balaban J connectivity index is 1.42. The van der Waals surface area contributed by atoms with Crippen molar-refractivity contribution in [3.05, 3.63) is 58.1 Å². The SMILES string of the molecule is Cc1cc(C)c(C)c(S(=O)(=O)N2CCN(C(=O)c3ccc(NC(=O)C4CC4)cc3)CC2)c1C. The first kappa shape index (κ1) is 23.4. The quantitative estimate of drug-likeness (QED) is 0.727. The second kappa shape index (κ2) is 8.91. The zero-order valence-corrected chi connectivity index (χ0v) is 20.5. The summed E-state index contributed by atoms with van der Waals surface area (Å²) in [5.41, 5.74) is 4.69. The van der Waals surface area contributed by atoms with Gasteiger partial charge < -0.3 is 10.2 Å². The Morgan fingerprint density at radius 3 is 1.94 bits per heavy atom. The minimum absolute atomic E-state index is 0.0284.